The lowest BCUT2D eigenvalue weighted by Crippen LogP contribution is -2.24. The average molecular weight is 176 g/mol. The van der Waals surface area contributed by atoms with E-state index < -0.39 is 6.10 Å². The summed E-state index contributed by atoms with van der Waals surface area (Å²) in [6, 6.07) is 0. The van der Waals surface area contributed by atoms with Crippen molar-refractivity contribution in [3.63, 3.8) is 0 Å². The highest BCUT2D eigenvalue weighted by Crippen LogP contribution is 1.94. The fourth-order valence-corrected chi connectivity index (χ4v) is 0.618. The number of rotatable bonds is 6. The molecule has 0 spiro atoms. The summed E-state index contributed by atoms with van der Waals surface area (Å²) >= 11 is 0. The Kier molecular flexibility index (Phi) is 6.70. The normalized spacial score (nSPS) is 12.6. The molecule has 0 saturated heterocycles. The second-order valence-corrected chi connectivity index (χ2v) is 2.17. The van der Waals surface area contributed by atoms with Gasteiger partial charge >= 0.3 is 5.97 Å². The highest BCUT2D eigenvalue weighted by molar-refractivity contribution is 5.74. The van der Waals surface area contributed by atoms with Crippen LogP contribution in [0.15, 0.2) is 0 Å². The zero-order valence-electron chi connectivity index (χ0n) is 7.83. The molecule has 1 atom stereocenters. The zero-order chi connectivity index (χ0) is 9.40. The van der Waals surface area contributed by atoms with Crippen LogP contribution in [-0.2, 0) is 19.0 Å². The van der Waals surface area contributed by atoms with E-state index in [0.29, 0.717) is 13.2 Å². The molecule has 0 aliphatic carbocycles. The van der Waals surface area contributed by atoms with Crippen LogP contribution in [0.25, 0.3) is 0 Å². The van der Waals surface area contributed by atoms with E-state index in [1.54, 1.807) is 6.92 Å². The summed E-state index contributed by atoms with van der Waals surface area (Å²) in [5.74, 6) is -0.384. The molecule has 0 radical (unpaired) electrons. The molecule has 72 valence electrons. The molecule has 0 heterocycles. The second-order valence-electron chi connectivity index (χ2n) is 2.17. The van der Waals surface area contributed by atoms with Crippen molar-refractivity contribution in [2.45, 2.75) is 26.9 Å². The van der Waals surface area contributed by atoms with Crippen molar-refractivity contribution < 1.29 is 19.0 Å². The summed E-state index contributed by atoms with van der Waals surface area (Å²) in [7, 11) is 0. The third-order valence-corrected chi connectivity index (χ3v) is 1.24. The molecule has 0 N–H and O–H groups in total. The Morgan fingerprint density at radius 3 is 2.50 bits per heavy atom. The average Bonchev–Trinajstić information content (AvgIpc) is 2.05. The van der Waals surface area contributed by atoms with Gasteiger partial charge in [-0.2, -0.15) is 0 Å². The highest BCUT2D eigenvalue weighted by atomic mass is 16.7. The molecule has 0 aromatic carbocycles. The van der Waals surface area contributed by atoms with Crippen molar-refractivity contribution in [1.29, 1.82) is 0 Å². The molecule has 0 amide bonds. The van der Waals surface area contributed by atoms with Crippen LogP contribution in [0.5, 0.6) is 0 Å². The van der Waals surface area contributed by atoms with Crippen LogP contribution in [0.2, 0.25) is 0 Å². The maximum absolute atomic E-state index is 11.0. The fraction of sp³-hybridized carbons (Fsp3) is 0.875. The second kappa shape index (κ2) is 7.06. The largest absolute Gasteiger partial charge is 0.437 e. The van der Waals surface area contributed by atoms with Crippen LogP contribution in [0.3, 0.4) is 0 Å². The lowest BCUT2D eigenvalue weighted by molar-refractivity contribution is -0.167. The Bertz CT molecular complexity index is 124. The summed E-state index contributed by atoms with van der Waals surface area (Å²) in [4.78, 5) is 11.0. The highest BCUT2D eigenvalue weighted by Gasteiger charge is 2.13. The van der Waals surface area contributed by atoms with E-state index in [1.165, 1.54) is 0 Å². The number of esters is 1. The van der Waals surface area contributed by atoms with Gasteiger partial charge in [-0.1, -0.05) is 0 Å². The molecule has 0 aliphatic heterocycles. The SMILES string of the molecule is CCOCOC(=O)C(C)OCC. The topological polar surface area (TPSA) is 44.8 Å². The first-order chi connectivity index (χ1) is 5.72. The summed E-state index contributed by atoms with van der Waals surface area (Å²) in [5.41, 5.74) is 0. The minimum atomic E-state index is -0.504. The molecule has 0 aliphatic rings. The van der Waals surface area contributed by atoms with Gasteiger partial charge in [0, 0.05) is 13.2 Å². The standard InChI is InChI=1S/C8H16O4/c1-4-10-6-12-8(9)7(3)11-5-2/h7H,4-6H2,1-3H3. The zero-order valence-corrected chi connectivity index (χ0v) is 7.83. The van der Waals surface area contributed by atoms with Gasteiger partial charge in [-0.05, 0) is 20.8 Å². The molecule has 0 rings (SSSR count). The molecule has 12 heavy (non-hydrogen) atoms. The van der Waals surface area contributed by atoms with Crippen LogP contribution in [0.4, 0.5) is 0 Å². The van der Waals surface area contributed by atoms with E-state index >= 15 is 0 Å². The first-order valence-electron chi connectivity index (χ1n) is 4.08. The number of hydrogen-bond donors (Lipinski definition) is 0. The fourth-order valence-electron chi connectivity index (χ4n) is 0.618. The maximum atomic E-state index is 11.0. The van der Waals surface area contributed by atoms with E-state index in [9.17, 15) is 4.79 Å². The van der Waals surface area contributed by atoms with Gasteiger partial charge in [0.2, 0.25) is 0 Å². The molecule has 0 saturated carbocycles. The van der Waals surface area contributed by atoms with Gasteiger partial charge in [0.05, 0.1) is 0 Å². The summed E-state index contributed by atoms with van der Waals surface area (Å²) in [6.07, 6.45) is -0.504. The van der Waals surface area contributed by atoms with Gasteiger partial charge in [-0.15, -0.1) is 0 Å². The lowest BCUT2D eigenvalue weighted by Gasteiger charge is -2.10. The van der Waals surface area contributed by atoms with Gasteiger partial charge in [0.15, 0.2) is 12.9 Å². The van der Waals surface area contributed by atoms with E-state index in [1.807, 2.05) is 13.8 Å². The third kappa shape index (κ3) is 5.09. The Morgan fingerprint density at radius 1 is 1.33 bits per heavy atom. The minimum absolute atomic E-state index is 0.00669. The van der Waals surface area contributed by atoms with Crippen LogP contribution in [0.1, 0.15) is 20.8 Å². The Morgan fingerprint density at radius 2 is 2.00 bits per heavy atom. The van der Waals surface area contributed by atoms with Gasteiger partial charge in [0.1, 0.15) is 0 Å². The molecule has 4 heteroatoms. The van der Waals surface area contributed by atoms with Crippen LogP contribution in [-0.4, -0.2) is 32.1 Å². The van der Waals surface area contributed by atoms with E-state index in [0.717, 1.165) is 0 Å². The van der Waals surface area contributed by atoms with Gasteiger partial charge in [-0.3, -0.25) is 0 Å². The molecule has 0 bridgehead atoms. The van der Waals surface area contributed by atoms with Crippen LogP contribution < -0.4 is 0 Å². The quantitative estimate of drug-likeness (QED) is 0.343. The summed E-state index contributed by atoms with van der Waals surface area (Å²) in [5, 5.41) is 0. The molecular weight excluding hydrogens is 160 g/mol. The molecular formula is C8H16O4. The Labute approximate surface area is 72.8 Å². The predicted octanol–water partition coefficient (Wildman–Crippen LogP) is 0.949. The maximum Gasteiger partial charge on any atom is 0.337 e. The van der Waals surface area contributed by atoms with Gasteiger partial charge in [0.25, 0.3) is 0 Å². The predicted molar refractivity (Wildman–Crippen MR) is 43.7 cm³/mol. The monoisotopic (exact) mass is 176 g/mol. The molecule has 0 fully saturated rings. The number of carbonyl (C=O) groups is 1. The van der Waals surface area contributed by atoms with E-state index in [4.69, 9.17) is 14.2 Å². The van der Waals surface area contributed by atoms with Crippen molar-refractivity contribution in [1.82, 2.24) is 0 Å². The van der Waals surface area contributed by atoms with Crippen molar-refractivity contribution in [2.24, 2.45) is 0 Å². The van der Waals surface area contributed by atoms with Crippen molar-refractivity contribution in [3.05, 3.63) is 0 Å². The number of ether oxygens (including phenoxy) is 3. The number of hydrogen-bond acceptors (Lipinski definition) is 4. The van der Waals surface area contributed by atoms with E-state index in [2.05, 4.69) is 0 Å². The molecule has 0 aromatic rings. The van der Waals surface area contributed by atoms with E-state index in [-0.39, 0.29) is 12.8 Å². The van der Waals surface area contributed by atoms with Gasteiger partial charge in [-0.25, -0.2) is 4.79 Å². The van der Waals surface area contributed by atoms with Crippen LogP contribution in [0, 0.1) is 0 Å². The Hall–Kier alpha value is -0.610. The van der Waals surface area contributed by atoms with Crippen molar-refractivity contribution >= 4 is 5.97 Å². The first-order valence-corrected chi connectivity index (χ1v) is 4.08. The minimum Gasteiger partial charge on any atom is -0.437 e. The lowest BCUT2D eigenvalue weighted by atomic mass is 10.4. The van der Waals surface area contributed by atoms with Crippen molar-refractivity contribution in [3.8, 4) is 0 Å². The third-order valence-electron chi connectivity index (χ3n) is 1.24. The summed E-state index contributed by atoms with van der Waals surface area (Å²) < 4.78 is 14.5. The van der Waals surface area contributed by atoms with Gasteiger partial charge < -0.3 is 14.2 Å². The van der Waals surface area contributed by atoms with Crippen LogP contribution >= 0.6 is 0 Å². The molecule has 0 aromatic heterocycles. The number of carbonyl (C=O) groups excluding carboxylic acids is 1. The molecule has 1 unspecified atom stereocenters. The summed E-state index contributed by atoms with van der Waals surface area (Å²) in [6.45, 7) is 6.36. The first kappa shape index (κ1) is 11.4. The smallest absolute Gasteiger partial charge is 0.337 e. The molecule has 4 nitrogen and oxygen atoms in total. The van der Waals surface area contributed by atoms with Crippen molar-refractivity contribution in [2.75, 3.05) is 20.0 Å². The Balaban J connectivity index is 3.43.